The van der Waals surface area contributed by atoms with E-state index in [1.54, 1.807) is 12.4 Å². The van der Waals surface area contributed by atoms with Gasteiger partial charge in [-0.1, -0.05) is 0 Å². The number of rotatable bonds is 5. The third-order valence-corrected chi connectivity index (χ3v) is 2.19. The molecule has 1 heterocycles. The summed E-state index contributed by atoms with van der Waals surface area (Å²) < 4.78 is 4.49. The molecule has 15 heavy (non-hydrogen) atoms. The standard InChI is InChI=1S/C10H13ClN2O2/c1-15-10(14)9(11)7-13-6-8-2-4-12-5-3-8/h2-5,9,13H,6-7H2,1H3. The molecule has 1 atom stereocenters. The highest BCUT2D eigenvalue weighted by Crippen LogP contribution is 1.99. The summed E-state index contributed by atoms with van der Waals surface area (Å²) in [5.74, 6) is -0.418. The Kier molecular flexibility index (Phi) is 5.07. The van der Waals surface area contributed by atoms with Crippen molar-refractivity contribution in [3.8, 4) is 0 Å². The molecule has 5 heteroatoms. The lowest BCUT2D eigenvalue weighted by atomic mass is 10.2. The minimum absolute atomic E-state index is 0.385. The van der Waals surface area contributed by atoms with Crippen molar-refractivity contribution >= 4 is 17.6 Å². The molecular weight excluding hydrogens is 216 g/mol. The third kappa shape index (κ3) is 4.27. The lowest BCUT2D eigenvalue weighted by Crippen LogP contribution is -2.29. The highest BCUT2D eigenvalue weighted by Gasteiger charge is 2.14. The molecule has 1 N–H and O–H groups in total. The molecule has 0 bridgehead atoms. The number of halogens is 1. The lowest BCUT2D eigenvalue weighted by molar-refractivity contribution is -0.140. The van der Waals surface area contributed by atoms with E-state index in [9.17, 15) is 4.79 Å². The molecule has 82 valence electrons. The minimum atomic E-state index is -0.642. The normalized spacial score (nSPS) is 12.1. The number of aromatic nitrogens is 1. The molecule has 0 saturated carbocycles. The molecule has 0 aliphatic rings. The summed E-state index contributed by atoms with van der Waals surface area (Å²) in [4.78, 5) is 14.9. The predicted octanol–water partition coefficient (Wildman–Crippen LogP) is 0.952. The Hall–Kier alpha value is -1.13. The van der Waals surface area contributed by atoms with E-state index in [0.717, 1.165) is 5.56 Å². The zero-order valence-electron chi connectivity index (χ0n) is 8.44. The number of carbonyl (C=O) groups excluding carboxylic acids is 1. The van der Waals surface area contributed by atoms with Crippen molar-refractivity contribution in [3.05, 3.63) is 30.1 Å². The van der Waals surface area contributed by atoms with E-state index in [0.29, 0.717) is 13.1 Å². The zero-order valence-corrected chi connectivity index (χ0v) is 9.20. The number of nitrogens with one attached hydrogen (secondary N) is 1. The molecule has 0 radical (unpaired) electrons. The highest BCUT2D eigenvalue weighted by molar-refractivity contribution is 6.30. The van der Waals surface area contributed by atoms with Gasteiger partial charge in [0.25, 0.3) is 0 Å². The smallest absolute Gasteiger partial charge is 0.325 e. The maximum Gasteiger partial charge on any atom is 0.325 e. The first-order valence-corrected chi connectivity index (χ1v) is 4.99. The maximum absolute atomic E-state index is 10.9. The molecule has 0 aliphatic carbocycles. The minimum Gasteiger partial charge on any atom is -0.468 e. The Morgan fingerprint density at radius 1 is 1.60 bits per heavy atom. The summed E-state index contributed by atoms with van der Waals surface area (Å²) in [5.41, 5.74) is 1.10. The van der Waals surface area contributed by atoms with E-state index in [2.05, 4.69) is 15.0 Å². The number of esters is 1. The van der Waals surface area contributed by atoms with Gasteiger partial charge in [-0.25, -0.2) is 0 Å². The summed E-state index contributed by atoms with van der Waals surface area (Å²) in [5, 5.41) is 2.41. The third-order valence-electron chi connectivity index (χ3n) is 1.86. The summed E-state index contributed by atoms with van der Waals surface area (Å²) in [6, 6.07) is 3.79. The van der Waals surface area contributed by atoms with Gasteiger partial charge >= 0.3 is 5.97 Å². The Bertz CT molecular complexity index is 306. The quantitative estimate of drug-likeness (QED) is 0.602. The number of hydrogen-bond acceptors (Lipinski definition) is 4. The van der Waals surface area contributed by atoms with Crippen LogP contribution in [0.4, 0.5) is 0 Å². The monoisotopic (exact) mass is 228 g/mol. The van der Waals surface area contributed by atoms with Crippen LogP contribution in [0.1, 0.15) is 5.56 Å². The van der Waals surface area contributed by atoms with Crippen LogP contribution in [-0.2, 0) is 16.1 Å². The fraction of sp³-hybridized carbons (Fsp3) is 0.400. The van der Waals surface area contributed by atoms with Crippen molar-refractivity contribution in [3.63, 3.8) is 0 Å². The van der Waals surface area contributed by atoms with Gasteiger partial charge < -0.3 is 10.1 Å². The van der Waals surface area contributed by atoms with Crippen LogP contribution in [0.5, 0.6) is 0 Å². The molecule has 0 aromatic carbocycles. The van der Waals surface area contributed by atoms with Crippen molar-refractivity contribution < 1.29 is 9.53 Å². The fourth-order valence-corrected chi connectivity index (χ4v) is 1.25. The van der Waals surface area contributed by atoms with Gasteiger partial charge in [-0.2, -0.15) is 0 Å². The number of nitrogens with zero attached hydrogens (tertiary/aromatic N) is 1. The van der Waals surface area contributed by atoms with E-state index < -0.39 is 11.3 Å². The highest BCUT2D eigenvalue weighted by atomic mass is 35.5. The van der Waals surface area contributed by atoms with E-state index >= 15 is 0 Å². The first-order valence-electron chi connectivity index (χ1n) is 4.55. The molecule has 1 rings (SSSR count). The summed E-state index contributed by atoms with van der Waals surface area (Å²) >= 11 is 5.75. The van der Waals surface area contributed by atoms with Crippen molar-refractivity contribution in [2.24, 2.45) is 0 Å². The number of alkyl halides is 1. The van der Waals surface area contributed by atoms with Crippen LogP contribution < -0.4 is 5.32 Å². The largest absolute Gasteiger partial charge is 0.468 e. The van der Waals surface area contributed by atoms with Crippen LogP contribution in [0.25, 0.3) is 0 Å². The van der Waals surface area contributed by atoms with Crippen LogP contribution >= 0.6 is 11.6 Å². The number of carbonyl (C=O) groups is 1. The Morgan fingerprint density at radius 2 is 2.27 bits per heavy atom. The fourth-order valence-electron chi connectivity index (χ4n) is 1.06. The lowest BCUT2D eigenvalue weighted by Gasteiger charge is -2.08. The van der Waals surface area contributed by atoms with Crippen LogP contribution in [0.3, 0.4) is 0 Å². The average Bonchev–Trinajstić information content (AvgIpc) is 2.29. The predicted molar refractivity (Wildman–Crippen MR) is 57.6 cm³/mol. The molecule has 0 saturated heterocycles. The van der Waals surface area contributed by atoms with Crippen LogP contribution in [0, 0.1) is 0 Å². The molecule has 4 nitrogen and oxygen atoms in total. The maximum atomic E-state index is 10.9. The number of hydrogen-bond donors (Lipinski definition) is 1. The second-order valence-corrected chi connectivity index (χ2v) is 3.50. The Balaban J connectivity index is 2.25. The first kappa shape index (κ1) is 11.9. The molecular formula is C10H13ClN2O2. The molecule has 1 aromatic rings. The van der Waals surface area contributed by atoms with Crippen LogP contribution in [0.15, 0.2) is 24.5 Å². The van der Waals surface area contributed by atoms with Gasteiger partial charge in [0.05, 0.1) is 7.11 Å². The number of ether oxygens (including phenoxy) is 1. The molecule has 0 fully saturated rings. The molecule has 0 aliphatic heterocycles. The summed E-state index contributed by atoms with van der Waals surface area (Å²) in [6.07, 6.45) is 3.44. The van der Waals surface area contributed by atoms with Crippen molar-refractivity contribution in [2.45, 2.75) is 11.9 Å². The summed E-state index contributed by atoms with van der Waals surface area (Å²) in [6.45, 7) is 1.04. The van der Waals surface area contributed by atoms with Crippen LogP contribution in [0.2, 0.25) is 0 Å². The van der Waals surface area contributed by atoms with Crippen molar-refractivity contribution in [1.29, 1.82) is 0 Å². The first-order chi connectivity index (χ1) is 7.24. The van der Waals surface area contributed by atoms with Gasteiger partial charge in [-0.05, 0) is 17.7 Å². The second-order valence-electron chi connectivity index (χ2n) is 2.98. The Labute approximate surface area is 93.6 Å². The summed E-state index contributed by atoms with van der Waals surface area (Å²) in [7, 11) is 1.32. The van der Waals surface area contributed by atoms with E-state index in [4.69, 9.17) is 11.6 Å². The van der Waals surface area contributed by atoms with Gasteiger partial charge in [0.1, 0.15) is 5.38 Å². The molecule has 0 spiro atoms. The van der Waals surface area contributed by atoms with Gasteiger partial charge in [0.2, 0.25) is 0 Å². The van der Waals surface area contributed by atoms with E-state index in [1.165, 1.54) is 7.11 Å². The average molecular weight is 229 g/mol. The van der Waals surface area contributed by atoms with Crippen LogP contribution in [-0.4, -0.2) is 30.0 Å². The number of pyridine rings is 1. The molecule has 0 amide bonds. The molecule has 1 aromatic heterocycles. The van der Waals surface area contributed by atoms with Crippen molar-refractivity contribution in [2.75, 3.05) is 13.7 Å². The van der Waals surface area contributed by atoms with Gasteiger partial charge in [-0.15, -0.1) is 11.6 Å². The Morgan fingerprint density at radius 3 is 2.87 bits per heavy atom. The SMILES string of the molecule is COC(=O)C(Cl)CNCc1ccncc1. The zero-order chi connectivity index (χ0) is 11.1. The number of methoxy groups -OCH3 is 1. The second kappa shape index (κ2) is 6.37. The van der Waals surface area contributed by atoms with Gasteiger partial charge in [-0.3, -0.25) is 9.78 Å². The topological polar surface area (TPSA) is 51.2 Å². The van der Waals surface area contributed by atoms with E-state index in [-0.39, 0.29) is 0 Å². The van der Waals surface area contributed by atoms with Crippen molar-refractivity contribution in [1.82, 2.24) is 10.3 Å². The van der Waals surface area contributed by atoms with E-state index in [1.807, 2.05) is 12.1 Å². The molecule has 1 unspecified atom stereocenters. The van der Waals surface area contributed by atoms with Gasteiger partial charge in [0, 0.05) is 25.5 Å². The van der Waals surface area contributed by atoms with Gasteiger partial charge in [0.15, 0.2) is 0 Å².